The highest BCUT2D eigenvalue weighted by atomic mass is 79.9. The third kappa shape index (κ3) is 2.10. The van der Waals surface area contributed by atoms with E-state index < -0.39 is 0 Å². The number of carbonyl (C=O) groups excluding carboxylic acids is 1. The van der Waals surface area contributed by atoms with Crippen LogP contribution < -0.4 is 10.6 Å². The molecular weight excluding hydrogens is 316 g/mol. The van der Waals surface area contributed by atoms with Gasteiger partial charge in [0.15, 0.2) is 0 Å². The van der Waals surface area contributed by atoms with Gasteiger partial charge < -0.3 is 10.6 Å². The van der Waals surface area contributed by atoms with E-state index in [4.69, 9.17) is 5.73 Å². The van der Waals surface area contributed by atoms with E-state index in [1.165, 1.54) is 0 Å². The minimum absolute atomic E-state index is 0.0113. The number of amides is 1. The maximum atomic E-state index is 12.7. The monoisotopic (exact) mass is 330 g/mol. The van der Waals surface area contributed by atoms with Gasteiger partial charge in [-0.3, -0.25) is 4.79 Å². The van der Waals surface area contributed by atoms with Crippen molar-refractivity contribution in [3.8, 4) is 0 Å². The number of nitrogen functional groups attached to an aromatic ring is 1. The summed E-state index contributed by atoms with van der Waals surface area (Å²) in [7, 11) is 0. The molecule has 0 saturated heterocycles. The summed E-state index contributed by atoms with van der Waals surface area (Å²) in [5, 5.41) is 0. The second-order valence-corrected chi connectivity index (χ2v) is 5.88. The number of nitrogens with zero attached hydrogens (tertiary/aromatic N) is 1. The Morgan fingerprint density at radius 3 is 2.85 bits per heavy atom. The molecule has 2 aromatic rings. The molecule has 1 heterocycles. The quantitative estimate of drug-likeness (QED) is 0.813. The van der Waals surface area contributed by atoms with Crippen LogP contribution in [0.2, 0.25) is 0 Å². The number of carbonyl (C=O) groups is 1. The normalized spacial score (nSPS) is 13.4. The first-order valence-corrected chi connectivity index (χ1v) is 7.32. The number of fused-ring (bicyclic) bond motifs is 1. The first kappa shape index (κ1) is 13.2. The van der Waals surface area contributed by atoms with Gasteiger partial charge in [0.05, 0.1) is 11.4 Å². The van der Waals surface area contributed by atoms with E-state index in [-0.39, 0.29) is 5.91 Å². The Labute approximate surface area is 126 Å². The van der Waals surface area contributed by atoms with E-state index in [9.17, 15) is 4.79 Å². The Hall–Kier alpha value is -1.81. The van der Waals surface area contributed by atoms with Gasteiger partial charge in [-0.2, -0.15) is 0 Å². The number of benzene rings is 2. The average Bonchev–Trinajstić information content (AvgIpc) is 2.86. The Morgan fingerprint density at radius 1 is 1.30 bits per heavy atom. The Morgan fingerprint density at radius 2 is 2.10 bits per heavy atom. The van der Waals surface area contributed by atoms with E-state index >= 15 is 0 Å². The molecular formula is C16H15BrN2O. The molecule has 0 atom stereocenters. The molecule has 2 aromatic carbocycles. The summed E-state index contributed by atoms with van der Waals surface area (Å²) >= 11 is 3.45. The minimum Gasteiger partial charge on any atom is -0.397 e. The standard InChI is InChI=1S/C16H15BrN2O/c1-10-9-12(5-6-13(10)17)16(20)19-8-7-11-3-2-4-14(18)15(11)19/h2-6,9H,7-8,18H2,1H3. The maximum Gasteiger partial charge on any atom is 0.258 e. The second-order valence-electron chi connectivity index (χ2n) is 5.03. The van der Waals surface area contributed by atoms with Crippen molar-refractivity contribution >= 4 is 33.2 Å². The van der Waals surface area contributed by atoms with Gasteiger partial charge in [-0.1, -0.05) is 28.1 Å². The zero-order valence-corrected chi connectivity index (χ0v) is 12.8. The highest BCUT2D eigenvalue weighted by Gasteiger charge is 2.27. The first-order chi connectivity index (χ1) is 9.58. The number of hydrogen-bond donors (Lipinski definition) is 1. The van der Waals surface area contributed by atoms with Gasteiger partial charge in [-0.15, -0.1) is 0 Å². The van der Waals surface area contributed by atoms with Gasteiger partial charge in [-0.25, -0.2) is 0 Å². The predicted octanol–water partition coefficient (Wildman–Crippen LogP) is 3.54. The molecule has 0 fully saturated rings. The fourth-order valence-corrected chi connectivity index (χ4v) is 2.87. The van der Waals surface area contributed by atoms with Crippen molar-refractivity contribution in [3.05, 3.63) is 57.6 Å². The van der Waals surface area contributed by atoms with Crippen molar-refractivity contribution in [2.24, 2.45) is 0 Å². The molecule has 1 aliphatic heterocycles. The van der Waals surface area contributed by atoms with Gasteiger partial charge in [0.2, 0.25) is 0 Å². The summed E-state index contributed by atoms with van der Waals surface area (Å²) < 4.78 is 1.01. The van der Waals surface area contributed by atoms with Gasteiger partial charge in [0.25, 0.3) is 5.91 Å². The highest BCUT2D eigenvalue weighted by molar-refractivity contribution is 9.10. The maximum absolute atomic E-state index is 12.7. The number of nitrogens with two attached hydrogens (primary N) is 1. The molecule has 4 heteroatoms. The molecule has 0 spiro atoms. The SMILES string of the molecule is Cc1cc(C(=O)N2CCc3cccc(N)c32)ccc1Br. The smallest absolute Gasteiger partial charge is 0.258 e. The third-order valence-corrected chi connectivity index (χ3v) is 4.57. The van der Waals surface area contributed by atoms with Crippen molar-refractivity contribution in [2.45, 2.75) is 13.3 Å². The summed E-state index contributed by atoms with van der Waals surface area (Å²) in [5.41, 5.74) is 10.5. The van der Waals surface area contributed by atoms with E-state index in [0.29, 0.717) is 17.8 Å². The largest absolute Gasteiger partial charge is 0.397 e. The fraction of sp³-hybridized carbons (Fsp3) is 0.188. The molecule has 0 aromatic heterocycles. The topological polar surface area (TPSA) is 46.3 Å². The van der Waals surface area contributed by atoms with Crippen LogP contribution in [-0.4, -0.2) is 12.5 Å². The Bertz CT molecular complexity index is 697. The molecule has 0 radical (unpaired) electrons. The molecule has 2 N–H and O–H groups in total. The summed E-state index contributed by atoms with van der Waals surface area (Å²) in [4.78, 5) is 14.5. The summed E-state index contributed by atoms with van der Waals surface area (Å²) in [5.74, 6) is 0.0113. The van der Waals surface area contributed by atoms with Gasteiger partial charge >= 0.3 is 0 Å². The Kier molecular flexibility index (Phi) is 3.26. The zero-order chi connectivity index (χ0) is 14.3. The Balaban J connectivity index is 1.99. The lowest BCUT2D eigenvalue weighted by Gasteiger charge is -2.19. The van der Waals surface area contributed by atoms with Crippen LogP contribution in [0.5, 0.6) is 0 Å². The minimum atomic E-state index is 0.0113. The number of hydrogen-bond acceptors (Lipinski definition) is 2. The lowest BCUT2D eigenvalue weighted by Crippen LogP contribution is -2.29. The summed E-state index contributed by atoms with van der Waals surface area (Å²) in [6.07, 6.45) is 0.863. The van der Waals surface area contributed by atoms with Gasteiger partial charge in [-0.05, 0) is 48.7 Å². The number of aryl methyl sites for hydroxylation is 1. The van der Waals surface area contributed by atoms with Gasteiger partial charge in [0.1, 0.15) is 0 Å². The van der Waals surface area contributed by atoms with E-state index in [2.05, 4.69) is 15.9 Å². The molecule has 1 amide bonds. The number of halogens is 1. The van der Waals surface area contributed by atoms with Crippen LogP contribution in [0.1, 0.15) is 21.5 Å². The molecule has 0 saturated carbocycles. The van der Waals surface area contributed by atoms with Crippen molar-refractivity contribution in [3.63, 3.8) is 0 Å². The van der Waals surface area contributed by atoms with Crippen molar-refractivity contribution in [1.29, 1.82) is 0 Å². The van der Waals surface area contributed by atoms with Crippen LogP contribution in [0.3, 0.4) is 0 Å². The molecule has 0 bridgehead atoms. The van der Waals surface area contributed by atoms with E-state index in [1.807, 2.05) is 43.3 Å². The van der Waals surface area contributed by atoms with Crippen LogP contribution in [0.4, 0.5) is 11.4 Å². The van der Waals surface area contributed by atoms with Crippen molar-refractivity contribution in [1.82, 2.24) is 0 Å². The van der Waals surface area contributed by atoms with Gasteiger partial charge in [0, 0.05) is 16.6 Å². The molecule has 20 heavy (non-hydrogen) atoms. The van der Waals surface area contributed by atoms with Crippen LogP contribution in [0, 0.1) is 6.92 Å². The third-order valence-electron chi connectivity index (χ3n) is 3.68. The van der Waals surface area contributed by atoms with Crippen molar-refractivity contribution < 1.29 is 4.79 Å². The first-order valence-electron chi connectivity index (χ1n) is 6.53. The average molecular weight is 331 g/mol. The van der Waals surface area contributed by atoms with E-state index in [0.717, 1.165) is 27.7 Å². The van der Waals surface area contributed by atoms with Crippen LogP contribution in [0.15, 0.2) is 40.9 Å². The lowest BCUT2D eigenvalue weighted by molar-refractivity contribution is 0.0989. The number of para-hydroxylation sites is 1. The predicted molar refractivity (Wildman–Crippen MR) is 85.1 cm³/mol. The molecule has 1 aliphatic rings. The number of anilines is 2. The molecule has 0 unspecified atom stereocenters. The van der Waals surface area contributed by atoms with E-state index in [1.54, 1.807) is 4.90 Å². The highest BCUT2D eigenvalue weighted by Crippen LogP contribution is 2.34. The molecule has 0 aliphatic carbocycles. The van der Waals surface area contributed by atoms with Crippen LogP contribution >= 0.6 is 15.9 Å². The zero-order valence-electron chi connectivity index (χ0n) is 11.2. The molecule has 102 valence electrons. The lowest BCUT2D eigenvalue weighted by atomic mass is 10.1. The fourth-order valence-electron chi connectivity index (χ4n) is 2.62. The molecule has 3 nitrogen and oxygen atoms in total. The van der Waals surface area contributed by atoms with Crippen molar-refractivity contribution in [2.75, 3.05) is 17.2 Å². The molecule has 3 rings (SSSR count). The number of rotatable bonds is 1. The summed E-state index contributed by atoms with van der Waals surface area (Å²) in [6, 6.07) is 11.5. The summed E-state index contributed by atoms with van der Waals surface area (Å²) in [6.45, 7) is 2.67. The van der Waals surface area contributed by atoms with Crippen LogP contribution in [-0.2, 0) is 6.42 Å². The van der Waals surface area contributed by atoms with Crippen LogP contribution in [0.25, 0.3) is 0 Å². The second kappa shape index (κ2) is 4.94.